The summed E-state index contributed by atoms with van der Waals surface area (Å²) in [6, 6.07) is 12.1. The van der Waals surface area contributed by atoms with Crippen LogP contribution in [0.3, 0.4) is 0 Å². The van der Waals surface area contributed by atoms with E-state index in [1.165, 1.54) is 5.56 Å². The number of hydrogen-bond acceptors (Lipinski definition) is 5. The summed E-state index contributed by atoms with van der Waals surface area (Å²) in [5.74, 6) is 0.0799. The zero-order valence-corrected chi connectivity index (χ0v) is 15.1. The van der Waals surface area contributed by atoms with Crippen molar-refractivity contribution in [2.45, 2.75) is 18.9 Å². The van der Waals surface area contributed by atoms with Crippen molar-refractivity contribution < 1.29 is 9.53 Å². The van der Waals surface area contributed by atoms with Gasteiger partial charge in [-0.15, -0.1) is 0 Å². The number of carbonyl (C=O) groups excluding carboxylic acids is 1. The van der Waals surface area contributed by atoms with Crippen LogP contribution in [0.5, 0.6) is 6.01 Å². The molecule has 1 amide bonds. The van der Waals surface area contributed by atoms with Crippen LogP contribution >= 0.6 is 11.3 Å². The molecule has 1 saturated heterocycles. The van der Waals surface area contributed by atoms with Crippen molar-refractivity contribution in [2.75, 3.05) is 13.1 Å². The fourth-order valence-electron chi connectivity index (χ4n) is 3.09. The van der Waals surface area contributed by atoms with Crippen LogP contribution in [0.1, 0.15) is 23.2 Å². The molecule has 0 spiro atoms. The highest BCUT2D eigenvalue weighted by Gasteiger charge is 2.25. The van der Waals surface area contributed by atoms with Crippen LogP contribution < -0.4 is 4.74 Å². The molecule has 2 aromatic heterocycles. The maximum absolute atomic E-state index is 12.7. The Morgan fingerprint density at radius 3 is 2.42 bits per heavy atom. The molecule has 4 rings (SSSR count). The van der Waals surface area contributed by atoms with E-state index in [-0.39, 0.29) is 12.0 Å². The van der Waals surface area contributed by atoms with Gasteiger partial charge in [-0.05, 0) is 46.2 Å². The van der Waals surface area contributed by atoms with E-state index in [2.05, 4.69) is 26.8 Å². The number of nitrogens with zero attached hydrogens (tertiary/aromatic N) is 3. The molecule has 26 heavy (non-hydrogen) atoms. The minimum atomic E-state index is 0.0578. The molecular formula is C20H19N3O2S. The van der Waals surface area contributed by atoms with Gasteiger partial charge < -0.3 is 9.64 Å². The van der Waals surface area contributed by atoms with Gasteiger partial charge >= 0.3 is 6.01 Å². The number of rotatable bonds is 4. The van der Waals surface area contributed by atoms with E-state index >= 15 is 0 Å². The van der Waals surface area contributed by atoms with Gasteiger partial charge in [0.1, 0.15) is 6.10 Å². The Bertz CT molecular complexity index is 843. The molecule has 1 aliphatic heterocycles. The average molecular weight is 365 g/mol. The van der Waals surface area contributed by atoms with Crippen molar-refractivity contribution in [1.29, 1.82) is 0 Å². The van der Waals surface area contributed by atoms with Gasteiger partial charge in [-0.25, -0.2) is 9.97 Å². The Morgan fingerprint density at radius 2 is 1.77 bits per heavy atom. The van der Waals surface area contributed by atoms with E-state index in [9.17, 15) is 4.79 Å². The van der Waals surface area contributed by atoms with Crippen molar-refractivity contribution in [3.63, 3.8) is 0 Å². The lowest BCUT2D eigenvalue weighted by Gasteiger charge is -2.31. The molecule has 0 N–H and O–H groups in total. The third kappa shape index (κ3) is 3.75. The maximum atomic E-state index is 12.7. The smallest absolute Gasteiger partial charge is 0.316 e. The van der Waals surface area contributed by atoms with Crippen molar-refractivity contribution >= 4 is 17.2 Å². The second kappa shape index (κ2) is 7.66. The summed E-state index contributed by atoms with van der Waals surface area (Å²) in [4.78, 5) is 22.8. The third-order valence-electron chi connectivity index (χ3n) is 4.53. The standard InChI is InChI=1S/C20H19N3O2S/c24-19(16-4-2-15(3-5-16)17-8-13-26-14-17)23-11-6-18(7-12-23)25-20-21-9-1-10-22-20/h1-5,8-10,13-14,18H,6-7,11-12H2. The van der Waals surface area contributed by atoms with E-state index in [4.69, 9.17) is 4.74 Å². The van der Waals surface area contributed by atoms with Gasteiger partial charge in [0, 0.05) is 43.9 Å². The highest BCUT2D eigenvalue weighted by atomic mass is 32.1. The van der Waals surface area contributed by atoms with Gasteiger partial charge in [-0.1, -0.05) is 12.1 Å². The highest BCUT2D eigenvalue weighted by Crippen LogP contribution is 2.23. The van der Waals surface area contributed by atoms with Gasteiger partial charge in [0.2, 0.25) is 0 Å². The van der Waals surface area contributed by atoms with Gasteiger partial charge in [0.05, 0.1) is 0 Å². The van der Waals surface area contributed by atoms with Crippen LogP contribution in [0.25, 0.3) is 11.1 Å². The molecule has 3 aromatic rings. The lowest BCUT2D eigenvalue weighted by Crippen LogP contribution is -2.41. The van der Waals surface area contributed by atoms with Crippen molar-refractivity contribution in [3.8, 4) is 17.1 Å². The molecule has 0 unspecified atom stereocenters. The Balaban J connectivity index is 1.34. The molecule has 3 heterocycles. The number of hydrogen-bond donors (Lipinski definition) is 0. The fraction of sp³-hybridized carbons (Fsp3) is 0.250. The van der Waals surface area contributed by atoms with Crippen LogP contribution in [0.4, 0.5) is 0 Å². The number of carbonyl (C=O) groups is 1. The van der Waals surface area contributed by atoms with Crippen molar-refractivity contribution in [1.82, 2.24) is 14.9 Å². The number of thiophene rings is 1. The zero-order valence-electron chi connectivity index (χ0n) is 14.2. The molecule has 0 atom stereocenters. The quantitative estimate of drug-likeness (QED) is 0.704. The second-order valence-corrected chi connectivity index (χ2v) is 7.01. The summed E-state index contributed by atoms with van der Waals surface area (Å²) >= 11 is 1.67. The summed E-state index contributed by atoms with van der Waals surface area (Å²) in [5, 5.41) is 4.17. The van der Waals surface area contributed by atoms with Crippen LogP contribution in [-0.4, -0.2) is 40.0 Å². The molecule has 5 nitrogen and oxygen atoms in total. The SMILES string of the molecule is O=C(c1ccc(-c2ccsc2)cc1)N1CCC(Oc2ncccn2)CC1. The van der Waals surface area contributed by atoms with Gasteiger partial charge in [-0.3, -0.25) is 4.79 Å². The van der Waals surface area contributed by atoms with Crippen LogP contribution in [0.2, 0.25) is 0 Å². The molecular weight excluding hydrogens is 346 g/mol. The van der Waals surface area contributed by atoms with Gasteiger partial charge in [0.25, 0.3) is 5.91 Å². The summed E-state index contributed by atoms with van der Waals surface area (Å²) in [6.07, 6.45) is 4.97. The minimum Gasteiger partial charge on any atom is -0.460 e. The zero-order chi connectivity index (χ0) is 17.8. The lowest BCUT2D eigenvalue weighted by atomic mass is 10.0. The molecule has 132 valence electrons. The third-order valence-corrected chi connectivity index (χ3v) is 5.21. The summed E-state index contributed by atoms with van der Waals surface area (Å²) < 4.78 is 5.79. The van der Waals surface area contributed by atoms with Crippen molar-refractivity contribution in [2.24, 2.45) is 0 Å². The number of ether oxygens (including phenoxy) is 1. The molecule has 0 radical (unpaired) electrons. The molecule has 0 saturated carbocycles. The first-order valence-corrected chi connectivity index (χ1v) is 9.59. The summed E-state index contributed by atoms with van der Waals surface area (Å²) in [6.45, 7) is 1.37. The number of amides is 1. The van der Waals surface area contributed by atoms with E-state index in [1.807, 2.05) is 29.2 Å². The topological polar surface area (TPSA) is 55.3 Å². The van der Waals surface area contributed by atoms with Crippen LogP contribution in [0.15, 0.2) is 59.6 Å². The maximum Gasteiger partial charge on any atom is 0.316 e. The molecule has 0 bridgehead atoms. The highest BCUT2D eigenvalue weighted by molar-refractivity contribution is 7.08. The summed E-state index contributed by atoms with van der Waals surface area (Å²) in [5.41, 5.74) is 3.06. The average Bonchev–Trinajstić information content (AvgIpc) is 3.24. The van der Waals surface area contributed by atoms with E-state index < -0.39 is 0 Å². The monoisotopic (exact) mass is 365 g/mol. The van der Waals surface area contributed by atoms with Gasteiger partial charge in [-0.2, -0.15) is 11.3 Å². The summed E-state index contributed by atoms with van der Waals surface area (Å²) in [7, 11) is 0. The van der Waals surface area contributed by atoms with Crippen molar-refractivity contribution in [3.05, 3.63) is 65.1 Å². The normalized spacial score (nSPS) is 15.0. The first-order valence-electron chi connectivity index (χ1n) is 8.65. The number of aromatic nitrogens is 2. The Hall–Kier alpha value is -2.73. The fourth-order valence-corrected chi connectivity index (χ4v) is 3.75. The number of benzene rings is 1. The largest absolute Gasteiger partial charge is 0.460 e. The van der Waals surface area contributed by atoms with Gasteiger partial charge in [0.15, 0.2) is 0 Å². The molecule has 1 aromatic carbocycles. The van der Waals surface area contributed by atoms with E-state index in [0.717, 1.165) is 24.0 Å². The minimum absolute atomic E-state index is 0.0578. The van der Waals surface area contributed by atoms with Crippen LogP contribution in [0, 0.1) is 0 Å². The first kappa shape index (κ1) is 16.7. The Kier molecular flexibility index (Phi) is 4.93. The molecule has 0 aliphatic carbocycles. The molecule has 1 fully saturated rings. The molecule has 6 heteroatoms. The number of piperidine rings is 1. The van der Waals surface area contributed by atoms with Crippen LogP contribution in [-0.2, 0) is 0 Å². The Labute approximate surface area is 156 Å². The van der Waals surface area contributed by atoms with E-state index in [0.29, 0.717) is 19.1 Å². The second-order valence-electron chi connectivity index (χ2n) is 6.23. The Morgan fingerprint density at radius 1 is 1.04 bits per heavy atom. The lowest BCUT2D eigenvalue weighted by molar-refractivity contribution is 0.0578. The predicted octanol–water partition coefficient (Wildman–Crippen LogP) is 3.89. The predicted molar refractivity (Wildman–Crippen MR) is 101 cm³/mol. The van der Waals surface area contributed by atoms with E-state index in [1.54, 1.807) is 29.8 Å². The molecule has 1 aliphatic rings. The first-order chi connectivity index (χ1) is 12.8. The number of likely N-dealkylation sites (tertiary alicyclic amines) is 1.